The number of anilines is 1. The van der Waals surface area contributed by atoms with Gasteiger partial charge in [0.1, 0.15) is 18.0 Å². The Hall–Kier alpha value is -2.89. The summed E-state index contributed by atoms with van der Waals surface area (Å²) in [6.07, 6.45) is 5.13. The summed E-state index contributed by atoms with van der Waals surface area (Å²) < 4.78 is 2.03. The third-order valence-electron chi connectivity index (χ3n) is 4.58. The molecule has 122 valence electrons. The third kappa shape index (κ3) is 2.60. The van der Waals surface area contributed by atoms with Crippen LogP contribution in [0.25, 0.3) is 16.7 Å². The summed E-state index contributed by atoms with van der Waals surface area (Å²) in [6, 6.07) is 12.1. The summed E-state index contributed by atoms with van der Waals surface area (Å²) in [7, 11) is 0. The highest BCUT2D eigenvalue weighted by molar-refractivity contribution is 5.81. The standard InChI is InChI=1S/C18H18N4O2/c23-18(24)14-5-3-8-21(11-14)16-10-17(20-12-19-16)22-9-7-13-4-1-2-6-15(13)22/h1-2,4,6-7,9-10,12,14H,3,5,8,11H2,(H,23,24)/t14-/m0/s1. The van der Waals surface area contributed by atoms with E-state index >= 15 is 0 Å². The lowest BCUT2D eigenvalue weighted by molar-refractivity contribution is -0.141. The second-order valence-electron chi connectivity index (χ2n) is 6.10. The molecule has 6 nitrogen and oxygen atoms in total. The Bertz CT molecular complexity index is 889. The number of benzene rings is 1. The molecule has 3 aromatic rings. The first-order chi connectivity index (χ1) is 11.7. The smallest absolute Gasteiger partial charge is 0.308 e. The van der Waals surface area contributed by atoms with Crippen LogP contribution in [0.2, 0.25) is 0 Å². The van der Waals surface area contributed by atoms with Crippen molar-refractivity contribution >= 4 is 22.7 Å². The topological polar surface area (TPSA) is 71.2 Å². The van der Waals surface area contributed by atoms with Gasteiger partial charge in [0, 0.05) is 25.4 Å². The van der Waals surface area contributed by atoms with Crippen molar-refractivity contribution in [2.24, 2.45) is 5.92 Å². The average Bonchev–Trinajstić information content (AvgIpc) is 3.06. The van der Waals surface area contributed by atoms with Gasteiger partial charge in [0.15, 0.2) is 0 Å². The van der Waals surface area contributed by atoms with E-state index in [9.17, 15) is 9.90 Å². The van der Waals surface area contributed by atoms with Crippen LogP contribution >= 0.6 is 0 Å². The van der Waals surface area contributed by atoms with Crippen LogP contribution in [0.4, 0.5) is 5.82 Å². The Balaban J connectivity index is 1.68. The van der Waals surface area contributed by atoms with Gasteiger partial charge in [0.25, 0.3) is 0 Å². The quantitative estimate of drug-likeness (QED) is 0.803. The molecule has 0 unspecified atom stereocenters. The minimum atomic E-state index is -0.731. The van der Waals surface area contributed by atoms with Crippen LogP contribution in [0, 0.1) is 5.92 Å². The molecule has 0 spiro atoms. The van der Waals surface area contributed by atoms with Gasteiger partial charge in [-0.3, -0.25) is 4.79 Å². The number of aliphatic carboxylic acids is 1. The van der Waals surface area contributed by atoms with Crippen molar-refractivity contribution in [1.29, 1.82) is 0 Å². The minimum Gasteiger partial charge on any atom is -0.481 e. The fourth-order valence-corrected chi connectivity index (χ4v) is 3.31. The molecule has 1 fully saturated rings. The summed E-state index contributed by atoms with van der Waals surface area (Å²) in [5.74, 6) is 0.511. The highest BCUT2D eigenvalue weighted by atomic mass is 16.4. The van der Waals surface area contributed by atoms with E-state index in [-0.39, 0.29) is 5.92 Å². The molecule has 4 rings (SSSR count). The Morgan fingerprint density at radius 3 is 2.88 bits per heavy atom. The van der Waals surface area contributed by atoms with E-state index < -0.39 is 5.97 Å². The molecule has 0 aliphatic carbocycles. The molecular formula is C18H18N4O2. The molecule has 0 amide bonds. The fourth-order valence-electron chi connectivity index (χ4n) is 3.31. The first-order valence-corrected chi connectivity index (χ1v) is 8.08. The molecule has 1 saturated heterocycles. The third-order valence-corrected chi connectivity index (χ3v) is 4.58. The number of piperidine rings is 1. The Morgan fingerprint density at radius 1 is 1.17 bits per heavy atom. The van der Waals surface area contributed by atoms with Crippen molar-refractivity contribution in [2.75, 3.05) is 18.0 Å². The van der Waals surface area contributed by atoms with E-state index in [0.717, 1.165) is 41.9 Å². The second-order valence-corrected chi connectivity index (χ2v) is 6.10. The van der Waals surface area contributed by atoms with Crippen molar-refractivity contribution < 1.29 is 9.90 Å². The van der Waals surface area contributed by atoms with E-state index in [1.54, 1.807) is 6.33 Å². The normalized spacial score (nSPS) is 18.0. The number of rotatable bonds is 3. The highest BCUT2D eigenvalue weighted by Gasteiger charge is 2.26. The lowest BCUT2D eigenvalue weighted by Crippen LogP contribution is -2.39. The van der Waals surface area contributed by atoms with Gasteiger partial charge in [-0.25, -0.2) is 9.97 Å². The number of hydrogen-bond donors (Lipinski definition) is 1. The maximum atomic E-state index is 11.3. The number of nitrogens with zero attached hydrogens (tertiary/aromatic N) is 4. The predicted octanol–water partition coefficient (Wildman–Crippen LogP) is 2.72. The maximum absolute atomic E-state index is 11.3. The number of para-hydroxylation sites is 1. The molecule has 6 heteroatoms. The van der Waals surface area contributed by atoms with E-state index in [1.807, 2.05) is 33.9 Å². The molecule has 1 aliphatic heterocycles. The molecule has 1 N–H and O–H groups in total. The predicted molar refractivity (Wildman–Crippen MR) is 91.4 cm³/mol. The number of hydrogen-bond acceptors (Lipinski definition) is 4. The SMILES string of the molecule is O=C(O)[C@H]1CCCN(c2cc(-n3ccc4ccccc43)ncn2)C1. The molecule has 1 atom stereocenters. The Kier molecular flexibility index (Phi) is 3.65. The molecule has 24 heavy (non-hydrogen) atoms. The van der Waals surface area contributed by atoms with Crippen LogP contribution in [0.5, 0.6) is 0 Å². The van der Waals surface area contributed by atoms with Crippen molar-refractivity contribution in [3.8, 4) is 5.82 Å². The van der Waals surface area contributed by atoms with E-state index in [4.69, 9.17) is 0 Å². The van der Waals surface area contributed by atoms with Crippen LogP contribution in [0.1, 0.15) is 12.8 Å². The highest BCUT2D eigenvalue weighted by Crippen LogP contribution is 2.24. The van der Waals surface area contributed by atoms with Crippen molar-refractivity contribution in [3.05, 3.63) is 48.9 Å². The zero-order chi connectivity index (χ0) is 16.5. The lowest BCUT2D eigenvalue weighted by Gasteiger charge is -2.31. The van der Waals surface area contributed by atoms with Gasteiger partial charge in [-0.1, -0.05) is 18.2 Å². The number of aromatic nitrogens is 3. The summed E-state index contributed by atoms with van der Waals surface area (Å²) >= 11 is 0. The average molecular weight is 322 g/mol. The zero-order valence-electron chi connectivity index (χ0n) is 13.2. The fraction of sp³-hybridized carbons (Fsp3) is 0.278. The van der Waals surface area contributed by atoms with Crippen LogP contribution in [-0.2, 0) is 4.79 Å². The van der Waals surface area contributed by atoms with Gasteiger partial charge in [-0.15, -0.1) is 0 Å². The monoisotopic (exact) mass is 322 g/mol. The van der Waals surface area contributed by atoms with Crippen LogP contribution in [-0.4, -0.2) is 38.7 Å². The van der Waals surface area contributed by atoms with Crippen molar-refractivity contribution in [2.45, 2.75) is 12.8 Å². The Morgan fingerprint density at radius 2 is 2.00 bits per heavy atom. The van der Waals surface area contributed by atoms with E-state index in [2.05, 4.69) is 28.2 Å². The van der Waals surface area contributed by atoms with Crippen molar-refractivity contribution in [3.63, 3.8) is 0 Å². The number of carboxylic acids is 1. The number of carboxylic acid groups (broad SMARTS) is 1. The molecule has 2 aromatic heterocycles. The van der Waals surface area contributed by atoms with Gasteiger partial charge in [-0.05, 0) is 30.4 Å². The first kappa shape index (κ1) is 14.7. The first-order valence-electron chi connectivity index (χ1n) is 8.08. The van der Waals surface area contributed by atoms with Crippen LogP contribution < -0.4 is 4.90 Å². The molecular weight excluding hydrogens is 304 g/mol. The van der Waals surface area contributed by atoms with Gasteiger partial charge in [0.05, 0.1) is 11.4 Å². The second kappa shape index (κ2) is 5.96. The zero-order valence-corrected chi connectivity index (χ0v) is 13.2. The van der Waals surface area contributed by atoms with Gasteiger partial charge in [-0.2, -0.15) is 0 Å². The molecule has 0 saturated carbocycles. The lowest BCUT2D eigenvalue weighted by atomic mass is 9.98. The summed E-state index contributed by atoms with van der Waals surface area (Å²) in [4.78, 5) is 22.1. The van der Waals surface area contributed by atoms with Crippen LogP contribution in [0.3, 0.4) is 0 Å². The number of fused-ring (bicyclic) bond motifs is 1. The van der Waals surface area contributed by atoms with Gasteiger partial charge in [0.2, 0.25) is 0 Å². The van der Waals surface area contributed by atoms with Gasteiger partial charge >= 0.3 is 5.97 Å². The minimum absolute atomic E-state index is 0.329. The largest absolute Gasteiger partial charge is 0.481 e. The molecule has 3 heterocycles. The summed E-state index contributed by atoms with van der Waals surface area (Å²) in [6.45, 7) is 1.32. The Labute approximate surface area is 139 Å². The molecule has 1 aliphatic rings. The number of carbonyl (C=O) groups is 1. The summed E-state index contributed by atoms with van der Waals surface area (Å²) in [5.41, 5.74) is 1.09. The van der Waals surface area contributed by atoms with Crippen molar-refractivity contribution in [1.82, 2.24) is 14.5 Å². The molecule has 1 aromatic carbocycles. The van der Waals surface area contributed by atoms with E-state index in [0.29, 0.717) is 6.54 Å². The molecule has 0 radical (unpaired) electrons. The maximum Gasteiger partial charge on any atom is 0.308 e. The van der Waals surface area contributed by atoms with Crippen LogP contribution in [0.15, 0.2) is 48.9 Å². The molecule has 0 bridgehead atoms. The van der Waals surface area contributed by atoms with Gasteiger partial charge < -0.3 is 14.6 Å². The van der Waals surface area contributed by atoms with E-state index in [1.165, 1.54) is 0 Å². The summed E-state index contributed by atoms with van der Waals surface area (Å²) in [5, 5.41) is 10.4.